The minimum Gasteiger partial charge on any atom is -0.455 e. The molecule has 1 aliphatic carbocycles. The van der Waals surface area contributed by atoms with Crippen LogP contribution in [0.1, 0.15) is 37.5 Å². The number of hydrogen-bond donors (Lipinski definition) is 0. The highest BCUT2D eigenvalue weighted by molar-refractivity contribution is 7.10. The molecule has 0 amide bonds. The second-order valence-corrected chi connectivity index (χ2v) is 5.18. The van der Waals surface area contributed by atoms with Crippen LogP contribution in [-0.2, 0) is 15.1 Å². The third-order valence-electron chi connectivity index (χ3n) is 3.43. The Kier molecular flexibility index (Phi) is 3.10. The normalized spacial score (nSPS) is 31.1. The lowest BCUT2D eigenvalue weighted by Crippen LogP contribution is -2.38. The van der Waals surface area contributed by atoms with Crippen LogP contribution in [0.4, 0.5) is 0 Å². The van der Waals surface area contributed by atoms with E-state index in [0.29, 0.717) is 12.4 Å². The summed E-state index contributed by atoms with van der Waals surface area (Å²) in [4.78, 5) is 11.9. The first-order valence-electron chi connectivity index (χ1n) is 5.45. The number of carbonyl (C=O) groups excluding carboxylic acids is 1. The summed E-state index contributed by atoms with van der Waals surface area (Å²) < 4.78 is 5.46. The highest BCUT2D eigenvalue weighted by Gasteiger charge is 2.42. The molecule has 1 saturated carbocycles. The lowest BCUT2D eigenvalue weighted by atomic mass is 9.75. The summed E-state index contributed by atoms with van der Waals surface area (Å²) in [6, 6.07) is 4.10. The second-order valence-electron chi connectivity index (χ2n) is 4.23. The number of carbonyl (C=O) groups is 1. The summed E-state index contributed by atoms with van der Waals surface area (Å²) in [6.45, 7) is 2.80. The van der Waals surface area contributed by atoms with Gasteiger partial charge in [-0.25, -0.2) is 0 Å². The Balaban J connectivity index is 2.34. The second kappa shape index (κ2) is 4.35. The molecule has 0 N–H and O–H groups in total. The monoisotopic (exact) mass is 224 g/mol. The summed E-state index contributed by atoms with van der Waals surface area (Å²) in [7, 11) is 0. The Labute approximate surface area is 94.3 Å². The van der Waals surface area contributed by atoms with Crippen LogP contribution in [0.3, 0.4) is 0 Å². The molecule has 15 heavy (non-hydrogen) atoms. The minimum atomic E-state index is -0.339. The average Bonchev–Trinajstić information content (AvgIpc) is 2.75. The zero-order chi connectivity index (χ0) is 10.7. The van der Waals surface area contributed by atoms with Gasteiger partial charge in [-0.3, -0.25) is 4.79 Å². The summed E-state index contributed by atoms with van der Waals surface area (Å²) in [5, 5.41) is 2.05. The maximum atomic E-state index is 10.7. The van der Waals surface area contributed by atoms with Gasteiger partial charge in [-0.05, 0) is 30.7 Å². The van der Waals surface area contributed by atoms with Gasteiger partial charge in [0.05, 0.1) is 0 Å². The van der Waals surface area contributed by atoms with Crippen LogP contribution in [0.5, 0.6) is 0 Å². The summed E-state index contributed by atoms with van der Waals surface area (Å²) in [6.07, 6.45) is 4.51. The van der Waals surface area contributed by atoms with Gasteiger partial charge < -0.3 is 4.74 Å². The molecule has 2 atom stereocenters. The molecule has 82 valence electrons. The zero-order valence-electron chi connectivity index (χ0n) is 8.94. The Morgan fingerprint density at radius 3 is 3.07 bits per heavy atom. The highest BCUT2D eigenvalue weighted by atomic mass is 32.1. The van der Waals surface area contributed by atoms with Gasteiger partial charge in [0, 0.05) is 10.8 Å². The lowest BCUT2D eigenvalue weighted by Gasteiger charge is -2.40. The molecule has 1 fully saturated rings. The summed E-state index contributed by atoms with van der Waals surface area (Å²) in [5.74, 6) is 0.426. The van der Waals surface area contributed by atoms with Crippen LogP contribution in [0.15, 0.2) is 17.5 Å². The molecule has 0 aliphatic heterocycles. The molecule has 3 heteroatoms. The van der Waals surface area contributed by atoms with E-state index in [4.69, 9.17) is 4.74 Å². The van der Waals surface area contributed by atoms with Crippen molar-refractivity contribution in [3.05, 3.63) is 22.4 Å². The van der Waals surface area contributed by atoms with Crippen molar-refractivity contribution < 1.29 is 9.53 Å². The largest absolute Gasteiger partial charge is 0.455 e. The molecule has 1 aromatic rings. The maximum Gasteiger partial charge on any atom is 0.294 e. The number of rotatable bonds is 3. The van der Waals surface area contributed by atoms with Gasteiger partial charge in [0.15, 0.2) is 0 Å². The van der Waals surface area contributed by atoms with Gasteiger partial charge in [-0.15, -0.1) is 11.3 Å². The van der Waals surface area contributed by atoms with Crippen LogP contribution in [0.2, 0.25) is 0 Å². The minimum absolute atomic E-state index is 0.339. The van der Waals surface area contributed by atoms with E-state index in [2.05, 4.69) is 13.0 Å². The molecule has 0 saturated heterocycles. The highest BCUT2D eigenvalue weighted by Crippen LogP contribution is 2.45. The molecular formula is C12H16O2S. The Morgan fingerprint density at radius 2 is 2.47 bits per heavy atom. The lowest BCUT2D eigenvalue weighted by molar-refractivity contribution is -0.155. The van der Waals surface area contributed by atoms with Crippen molar-refractivity contribution in [2.24, 2.45) is 5.92 Å². The van der Waals surface area contributed by atoms with Crippen LogP contribution in [0, 0.1) is 5.92 Å². The van der Waals surface area contributed by atoms with Crippen molar-refractivity contribution in [1.82, 2.24) is 0 Å². The predicted octanol–water partition coefficient (Wildman–Crippen LogP) is 3.33. The van der Waals surface area contributed by atoms with E-state index in [1.807, 2.05) is 11.4 Å². The smallest absolute Gasteiger partial charge is 0.294 e. The first-order valence-corrected chi connectivity index (χ1v) is 6.33. The molecule has 0 aromatic carbocycles. The first-order chi connectivity index (χ1) is 7.29. The van der Waals surface area contributed by atoms with Crippen molar-refractivity contribution >= 4 is 17.8 Å². The van der Waals surface area contributed by atoms with Crippen molar-refractivity contribution in [3.8, 4) is 0 Å². The van der Waals surface area contributed by atoms with E-state index in [1.54, 1.807) is 11.3 Å². The van der Waals surface area contributed by atoms with Crippen LogP contribution >= 0.6 is 11.3 Å². The summed E-state index contributed by atoms with van der Waals surface area (Å²) >= 11 is 1.69. The standard InChI is InChI=1S/C12H16O2S/c1-10-5-2-3-7-12(10,14-9-13)11-6-4-8-15-11/h4,6,8-10H,2-3,5,7H2,1H3. The van der Waals surface area contributed by atoms with Crippen molar-refractivity contribution in [3.63, 3.8) is 0 Å². The number of thiophene rings is 1. The van der Waals surface area contributed by atoms with Crippen molar-refractivity contribution in [1.29, 1.82) is 0 Å². The van der Waals surface area contributed by atoms with Crippen molar-refractivity contribution in [2.75, 3.05) is 0 Å². The van der Waals surface area contributed by atoms with Gasteiger partial charge in [0.25, 0.3) is 6.47 Å². The van der Waals surface area contributed by atoms with E-state index in [-0.39, 0.29) is 5.60 Å². The molecule has 0 spiro atoms. The van der Waals surface area contributed by atoms with E-state index < -0.39 is 0 Å². The molecule has 2 unspecified atom stereocenters. The van der Waals surface area contributed by atoms with Crippen LogP contribution < -0.4 is 0 Å². The van der Waals surface area contributed by atoms with E-state index in [0.717, 1.165) is 19.3 Å². The molecule has 2 nitrogen and oxygen atoms in total. The molecule has 2 rings (SSSR count). The maximum absolute atomic E-state index is 10.7. The van der Waals surface area contributed by atoms with E-state index >= 15 is 0 Å². The van der Waals surface area contributed by atoms with Gasteiger partial charge >= 0.3 is 0 Å². The molecule has 1 heterocycles. The fraction of sp³-hybridized carbons (Fsp3) is 0.583. The topological polar surface area (TPSA) is 26.3 Å². The molecule has 0 bridgehead atoms. The van der Waals surface area contributed by atoms with Gasteiger partial charge in [-0.1, -0.05) is 19.4 Å². The fourth-order valence-corrected chi connectivity index (χ4v) is 3.53. The molecule has 1 aliphatic rings. The van der Waals surface area contributed by atoms with Crippen molar-refractivity contribution in [2.45, 2.75) is 38.2 Å². The average molecular weight is 224 g/mol. The molecular weight excluding hydrogens is 208 g/mol. The zero-order valence-corrected chi connectivity index (χ0v) is 9.76. The number of hydrogen-bond acceptors (Lipinski definition) is 3. The Hall–Kier alpha value is -0.830. The van der Waals surface area contributed by atoms with Gasteiger partial charge in [-0.2, -0.15) is 0 Å². The van der Waals surface area contributed by atoms with Crippen LogP contribution in [-0.4, -0.2) is 6.47 Å². The van der Waals surface area contributed by atoms with Crippen LogP contribution in [0.25, 0.3) is 0 Å². The third-order valence-corrected chi connectivity index (χ3v) is 4.46. The van der Waals surface area contributed by atoms with E-state index in [9.17, 15) is 4.79 Å². The predicted molar refractivity (Wildman–Crippen MR) is 60.8 cm³/mol. The van der Waals surface area contributed by atoms with E-state index in [1.165, 1.54) is 11.3 Å². The van der Waals surface area contributed by atoms with Gasteiger partial charge in [0.1, 0.15) is 5.60 Å². The third kappa shape index (κ3) is 1.81. The quantitative estimate of drug-likeness (QED) is 0.736. The fourth-order valence-electron chi connectivity index (χ4n) is 2.52. The molecule has 0 radical (unpaired) electrons. The Bertz CT molecular complexity index is 320. The Morgan fingerprint density at radius 1 is 1.60 bits per heavy atom. The van der Waals surface area contributed by atoms with Gasteiger partial charge in [0.2, 0.25) is 0 Å². The first kappa shape index (κ1) is 10.7. The summed E-state index contributed by atoms with van der Waals surface area (Å²) in [5.41, 5.74) is -0.339. The SMILES string of the molecule is CC1CCCCC1(OC=O)c1cccs1. The number of ether oxygens (including phenoxy) is 1. The molecule has 1 aromatic heterocycles.